The Labute approximate surface area is 211 Å². The number of benzene rings is 3. The number of amidine groups is 1. The molecule has 3 aromatic carbocycles. The summed E-state index contributed by atoms with van der Waals surface area (Å²) in [4.78, 5) is 15.7. The van der Waals surface area contributed by atoms with E-state index in [-0.39, 0.29) is 22.8 Å². The van der Waals surface area contributed by atoms with Gasteiger partial charge < -0.3 is 9.84 Å². The number of aliphatic hydroxyl groups is 1. The van der Waals surface area contributed by atoms with Crippen molar-refractivity contribution in [2.24, 2.45) is 5.41 Å². The number of rotatable bonds is 4. The van der Waals surface area contributed by atoms with Crippen LogP contribution in [0.4, 0.5) is 5.69 Å². The zero-order chi connectivity index (χ0) is 25.4. The fourth-order valence-corrected chi connectivity index (χ4v) is 5.36. The molecule has 0 bridgehead atoms. The lowest BCUT2D eigenvalue weighted by atomic mass is 9.67. The van der Waals surface area contributed by atoms with Crippen LogP contribution in [0.1, 0.15) is 43.7 Å². The van der Waals surface area contributed by atoms with Gasteiger partial charge in [0.25, 0.3) is 0 Å². The second kappa shape index (κ2) is 9.15. The van der Waals surface area contributed by atoms with Crippen molar-refractivity contribution in [2.75, 3.05) is 12.0 Å². The van der Waals surface area contributed by atoms with E-state index in [1.807, 2.05) is 89.8 Å². The third kappa shape index (κ3) is 4.11. The SMILES string of the molecule is COc1ccc([C@@H]2C3=C(CC(C)(C)CC3=O)N(c3ccccc3)C(=N)/C2=C(/O)c2ccccc2)cc1. The molecule has 0 unspecified atom stereocenters. The van der Waals surface area contributed by atoms with Gasteiger partial charge in [0.2, 0.25) is 0 Å². The summed E-state index contributed by atoms with van der Waals surface area (Å²) in [5.41, 5.74) is 3.91. The molecule has 5 rings (SSSR count). The molecule has 0 spiro atoms. The van der Waals surface area contributed by atoms with Crippen molar-refractivity contribution in [3.63, 3.8) is 0 Å². The molecule has 0 saturated carbocycles. The molecule has 0 radical (unpaired) electrons. The molecule has 2 aliphatic rings. The van der Waals surface area contributed by atoms with Crippen LogP contribution in [0, 0.1) is 10.8 Å². The summed E-state index contributed by atoms with van der Waals surface area (Å²) in [5.74, 6) is 0.369. The molecule has 1 atom stereocenters. The summed E-state index contributed by atoms with van der Waals surface area (Å²) in [5, 5.41) is 21.1. The van der Waals surface area contributed by atoms with Crippen LogP contribution >= 0.6 is 0 Å². The zero-order valence-electron chi connectivity index (χ0n) is 20.8. The smallest absolute Gasteiger partial charge is 0.162 e. The van der Waals surface area contributed by atoms with Crippen molar-refractivity contribution in [3.8, 4) is 5.75 Å². The Morgan fingerprint density at radius 2 is 1.56 bits per heavy atom. The van der Waals surface area contributed by atoms with E-state index in [1.165, 1.54) is 0 Å². The van der Waals surface area contributed by atoms with Gasteiger partial charge in [0.05, 0.1) is 7.11 Å². The molecule has 0 amide bonds. The maximum atomic E-state index is 13.9. The van der Waals surface area contributed by atoms with Crippen molar-refractivity contribution in [1.29, 1.82) is 5.41 Å². The minimum Gasteiger partial charge on any atom is -0.507 e. The van der Waals surface area contributed by atoms with Gasteiger partial charge in [0, 0.05) is 40.4 Å². The quantitative estimate of drug-likeness (QED) is 0.401. The second-order valence-electron chi connectivity index (χ2n) is 10.2. The molecule has 36 heavy (non-hydrogen) atoms. The fourth-order valence-electron chi connectivity index (χ4n) is 5.36. The summed E-state index contributed by atoms with van der Waals surface area (Å²) < 4.78 is 5.36. The van der Waals surface area contributed by atoms with Gasteiger partial charge >= 0.3 is 0 Å². The van der Waals surface area contributed by atoms with Crippen LogP contribution in [-0.2, 0) is 4.79 Å². The third-order valence-electron chi connectivity index (χ3n) is 6.99. The molecule has 1 aliphatic carbocycles. The molecule has 182 valence electrons. The number of carbonyl (C=O) groups is 1. The molecule has 0 aromatic heterocycles. The van der Waals surface area contributed by atoms with Crippen LogP contribution < -0.4 is 9.64 Å². The van der Waals surface area contributed by atoms with Crippen molar-refractivity contribution in [2.45, 2.75) is 32.6 Å². The van der Waals surface area contributed by atoms with Gasteiger partial charge in [-0.3, -0.25) is 15.1 Å². The van der Waals surface area contributed by atoms with Gasteiger partial charge in [-0.1, -0.05) is 74.5 Å². The number of para-hydroxylation sites is 1. The van der Waals surface area contributed by atoms with Gasteiger partial charge in [-0.25, -0.2) is 0 Å². The zero-order valence-corrected chi connectivity index (χ0v) is 20.8. The number of nitrogens with one attached hydrogen (secondary N) is 1. The Morgan fingerprint density at radius 3 is 2.17 bits per heavy atom. The number of carbonyl (C=O) groups excluding carboxylic acids is 1. The average Bonchev–Trinajstić information content (AvgIpc) is 2.88. The van der Waals surface area contributed by atoms with Gasteiger partial charge in [-0.2, -0.15) is 0 Å². The molecule has 2 N–H and O–H groups in total. The average molecular weight is 479 g/mol. The summed E-state index contributed by atoms with van der Waals surface area (Å²) in [6.07, 6.45) is 1.06. The van der Waals surface area contributed by atoms with Gasteiger partial charge in [-0.15, -0.1) is 0 Å². The highest BCUT2D eigenvalue weighted by Crippen LogP contribution is 2.51. The normalized spacial score (nSPS) is 20.8. The lowest BCUT2D eigenvalue weighted by molar-refractivity contribution is -0.118. The van der Waals surface area contributed by atoms with E-state index < -0.39 is 5.92 Å². The lowest BCUT2D eigenvalue weighted by Gasteiger charge is -2.45. The van der Waals surface area contributed by atoms with Crippen molar-refractivity contribution in [3.05, 3.63) is 113 Å². The van der Waals surface area contributed by atoms with Gasteiger partial charge in [0.1, 0.15) is 17.3 Å². The van der Waals surface area contributed by atoms with E-state index in [9.17, 15) is 15.3 Å². The van der Waals surface area contributed by atoms with Crippen molar-refractivity contribution >= 4 is 23.1 Å². The predicted molar refractivity (Wildman–Crippen MR) is 143 cm³/mol. The van der Waals surface area contributed by atoms with Gasteiger partial charge in [-0.05, 0) is 41.7 Å². The predicted octanol–water partition coefficient (Wildman–Crippen LogP) is 6.89. The van der Waals surface area contributed by atoms with E-state index in [0.717, 1.165) is 16.9 Å². The number of anilines is 1. The summed E-state index contributed by atoms with van der Waals surface area (Å²) in [6, 6.07) is 26.5. The molecule has 1 aliphatic heterocycles. The molecule has 1 heterocycles. The number of methoxy groups -OCH3 is 1. The van der Waals surface area contributed by atoms with E-state index in [4.69, 9.17) is 4.74 Å². The number of aliphatic hydroxyl groups excluding tert-OH is 1. The number of hydrogen-bond acceptors (Lipinski definition) is 4. The fraction of sp³-hybridized carbons (Fsp3) is 0.226. The lowest BCUT2D eigenvalue weighted by Crippen LogP contribution is -2.45. The van der Waals surface area contributed by atoms with E-state index in [0.29, 0.717) is 35.3 Å². The molecule has 0 fully saturated rings. The monoisotopic (exact) mass is 478 g/mol. The van der Waals surface area contributed by atoms with Gasteiger partial charge in [0.15, 0.2) is 5.78 Å². The standard InChI is InChI=1S/C31H30N2O3/c1-31(2)18-24-27(25(34)19-31)26(20-14-16-23(36-3)17-15-20)28(29(35)21-10-6-4-7-11-21)30(32)33(24)22-12-8-5-9-13-22/h4-17,26,32,35H,18-19H2,1-3H3/b29-28+,32-30?/t26-/m1/s1. The number of allylic oxidation sites excluding steroid dienone is 2. The maximum absolute atomic E-state index is 13.9. The van der Waals surface area contributed by atoms with E-state index in [1.54, 1.807) is 7.11 Å². The van der Waals surface area contributed by atoms with Crippen LogP contribution in [0.2, 0.25) is 0 Å². The Morgan fingerprint density at radius 1 is 0.944 bits per heavy atom. The maximum Gasteiger partial charge on any atom is 0.162 e. The van der Waals surface area contributed by atoms with Crippen LogP contribution in [0.25, 0.3) is 5.76 Å². The number of ketones is 1. The molecule has 3 aromatic rings. The first-order valence-corrected chi connectivity index (χ1v) is 12.1. The van der Waals surface area contributed by atoms with Crippen molar-refractivity contribution in [1.82, 2.24) is 0 Å². The number of nitrogens with zero attached hydrogens (tertiary/aromatic N) is 1. The van der Waals surface area contributed by atoms with E-state index >= 15 is 0 Å². The minimum absolute atomic E-state index is 0.00605. The minimum atomic E-state index is -0.567. The van der Waals surface area contributed by atoms with Crippen LogP contribution in [0.5, 0.6) is 5.75 Å². The highest BCUT2D eigenvalue weighted by atomic mass is 16.5. The molecular formula is C31H30N2O3. The molecule has 5 heteroatoms. The summed E-state index contributed by atoms with van der Waals surface area (Å²) in [7, 11) is 1.61. The first-order chi connectivity index (χ1) is 17.3. The second-order valence-corrected chi connectivity index (χ2v) is 10.2. The summed E-state index contributed by atoms with van der Waals surface area (Å²) >= 11 is 0. The Balaban J connectivity index is 1.84. The Bertz CT molecular complexity index is 1370. The topological polar surface area (TPSA) is 73.6 Å². The number of ether oxygens (including phenoxy) is 1. The van der Waals surface area contributed by atoms with Crippen LogP contribution in [0.15, 0.2) is 102 Å². The number of Topliss-reactive ketones (excluding diaryl/α,β-unsaturated/α-hetero) is 1. The molecule has 5 nitrogen and oxygen atoms in total. The first kappa shape index (κ1) is 23.6. The highest BCUT2D eigenvalue weighted by molar-refractivity contribution is 6.19. The Kier molecular flexibility index (Phi) is 6.00. The largest absolute Gasteiger partial charge is 0.507 e. The van der Waals surface area contributed by atoms with E-state index in [2.05, 4.69) is 13.8 Å². The van der Waals surface area contributed by atoms with Crippen LogP contribution in [0.3, 0.4) is 0 Å². The van der Waals surface area contributed by atoms with Crippen molar-refractivity contribution < 1.29 is 14.6 Å². The Hall–Kier alpha value is -4.12. The molecular weight excluding hydrogens is 448 g/mol. The molecule has 0 saturated heterocycles. The van der Waals surface area contributed by atoms with Crippen LogP contribution in [-0.4, -0.2) is 23.8 Å². The third-order valence-corrected chi connectivity index (χ3v) is 6.99. The summed E-state index contributed by atoms with van der Waals surface area (Å²) in [6.45, 7) is 4.19. The highest BCUT2D eigenvalue weighted by Gasteiger charge is 2.46. The number of hydrogen-bond donors (Lipinski definition) is 2. The first-order valence-electron chi connectivity index (χ1n) is 12.1.